The maximum absolute atomic E-state index is 12.3. The zero-order valence-corrected chi connectivity index (χ0v) is 18.7. The first-order valence-corrected chi connectivity index (χ1v) is 11.8. The quantitative estimate of drug-likeness (QED) is 0.431. The molecule has 9 nitrogen and oxygen atoms in total. The molecule has 32 heavy (non-hydrogen) atoms. The third-order valence-electron chi connectivity index (χ3n) is 4.20. The maximum atomic E-state index is 12.3. The number of aromatic nitrogens is 1. The Bertz CT molecular complexity index is 1200. The SMILES string of the molecule is COc1cc(C#N)ccc1OCCCC(=O)Nc1ccc(S(=O)(=O)Nc2nccs2)cc1. The Morgan fingerprint density at radius 1 is 1.19 bits per heavy atom. The molecule has 0 unspecified atom stereocenters. The average Bonchev–Trinajstić information content (AvgIpc) is 3.29. The number of nitrogens with zero attached hydrogens (tertiary/aromatic N) is 2. The summed E-state index contributed by atoms with van der Waals surface area (Å²) in [6.07, 6.45) is 2.18. The van der Waals surface area contributed by atoms with E-state index in [0.717, 1.165) is 0 Å². The fraction of sp³-hybridized carbons (Fsp3) is 0.190. The van der Waals surface area contributed by atoms with Gasteiger partial charge in [0, 0.05) is 29.8 Å². The number of anilines is 2. The van der Waals surface area contributed by atoms with Crippen LogP contribution in [-0.4, -0.2) is 33.0 Å². The van der Waals surface area contributed by atoms with Crippen LogP contribution in [-0.2, 0) is 14.8 Å². The van der Waals surface area contributed by atoms with Crippen molar-refractivity contribution in [2.24, 2.45) is 0 Å². The van der Waals surface area contributed by atoms with Gasteiger partial charge in [-0.3, -0.25) is 9.52 Å². The zero-order valence-electron chi connectivity index (χ0n) is 17.1. The van der Waals surface area contributed by atoms with Crippen LogP contribution in [0.5, 0.6) is 11.5 Å². The Kier molecular flexibility index (Phi) is 7.64. The Morgan fingerprint density at radius 3 is 2.62 bits per heavy atom. The molecule has 0 aliphatic rings. The maximum Gasteiger partial charge on any atom is 0.263 e. The van der Waals surface area contributed by atoms with Crippen LogP contribution in [0, 0.1) is 11.3 Å². The highest BCUT2D eigenvalue weighted by molar-refractivity contribution is 7.93. The van der Waals surface area contributed by atoms with Gasteiger partial charge in [-0.25, -0.2) is 13.4 Å². The summed E-state index contributed by atoms with van der Waals surface area (Å²) >= 11 is 1.18. The smallest absolute Gasteiger partial charge is 0.263 e. The number of nitriles is 1. The van der Waals surface area contributed by atoms with E-state index < -0.39 is 10.0 Å². The van der Waals surface area contributed by atoms with Crippen LogP contribution in [0.1, 0.15) is 18.4 Å². The number of sulfonamides is 1. The van der Waals surface area contributed by atoms with E-state index in [0.29, 0.717) is 29.2 Å². The van der Waals surface area contributed by atoms with Crippen LogP contribution in [0.4, 0.5) is 10.8 Å². The number of benzene rings is 2. The third kappa shape index (κ3) is 6.19. The van der Waals surface area contributed by atoms with Crippen molar-refractivity contribution in [1.29, 1.82) is 5.26 Å². The number of methoxy groups -OCH3 is 1. The highest BCUT2D eigenvalue weighted by Crippen LogP contribution is 2.28. The minimum atomic E-state index is -3.74. The average molecular weight is 473 g/mol. The topological polar surface area (TPSA) is 130 Å². The van der Waals surface area contributed by atoms with Crippen molar-refractivity contribution in [2.75, 3.05) is 23.8 Å². The summed E-state index contributed by atoms with van der Waals surface area (Å²) in [7, 11) is -2.25. The molecule has 0 saturated heterocycles. The van der Waals surface area contributed by atoms with E-state index >= 15 is 0 Å². The van der Waals surface area contributed by atoms with Gasteiger partial charge in [-0.2, -0.15) is 5.26 Å². The van der Waals surface area contributed by atoms with Crippen LogP contribution >= 0.6 is 11.3 Å². The number of ether oxygens (including phenoxy) is 2. The number of carbonyl (C=O) groups is 1. The Hall–Kier alpha value is -3.62. The van der Waals surface area contributed by atoms with Gasteiger partial charge in [0.05, 0.1) is 30.2 Å². The zero-order chi connectivity index (χ0) is 23.0. The van der Waals surface area contributed by atoms with E-state index in [-0.39, 0.29) is 29.0 Å². The number of amides is 1. The minimum Gasteiger partial charge on any atom is -0.493 e. The van der Waals surface area contributed by atoms with E-state index in [1.807, 2.05) is 6.07 Å². The molecule has 166 valence electrons. The molecule has 0 radical (unpaired) electrons. The number of hydrogen-bond donors (Lipinski definition) is 2. The predicted octanol–water partition coefficient (Wildman–Crippen LogP) is 3.62. The molecular formula is C21H20N4O5S2. The highest BCUT2D eigenvalue weighted by Gasteiger charge is 2.15. The lowest BCUT2D eigenvalue weighted by Gasteiger charge is -2.11. The molecule has 0 bridgehead atoms. The van der Waals surface area contributed by atoms with Crippen LogP contribution < -0.4 is 19.5 Å². The van der Waals surface area contributed by atoms with Crippen molar-refractivity contribution in [3.63, 3.8) is 0 Å². The number of nitrogens with one attached hydrogen (secondary N) is 2. The molecule has 1 aromatic heterocycles. The first-order chi connectivity index (χ1) is 15.4. The van der Waals surface area contributed by atoms with Gasteiger partial charge in [-0.15, -0.1) is 11.3 Å². The number of carbonyl (C=O) groups excluding carboxylic acids is 1. The van der Waals surface area contributed by atoms with Crippen LogP contribution in [0.3, 0.4) is 0 Å². The number of rotatable bonds is 10. The summed E-state index contributed by atoms with van der Waals surface area (Å²) in [5.74, 6) is 0.722. The summed E-state index contributed by atoms with van der Waals surface area (Å²) in [5, 5.41) is 13.6. The minimum absolute atomic E-state index is 0.0652. The summed E-state index contributed by atoms with van der Waals surface area (Å²) in [5.41, 5.74) is 0.948. The molecule has 0 fully saturated rings. The molecule has 0 aliphatic heterocycles. The molecule has 0 spiro atoms. The normalized spacial score (nSPS) is 10.8. The van der Waals surface area contributed by atoms with Crippen molar-refractivity contribution < 1.29 is 22.7 Å². The third-order valence-corrected chi connectivity index (χ3v) is 6.37. The Balaban J connectivity index is 1.47. The largest absolute Gasteiger partial charge is 0.493 e. The molecule has 3 rings (SSSR count). The van der Waals surface area contributed by atoms with Crippen molar-refractivity contribution >= 4 is 38.1 Å². The van der Waals surface area contributed by atoms with Gasteiger partial charge in [-0.05, 0) is 42.8 Å². The van der Waals surface area contributed by atoms with Crippen LogP contribution in [0.15, 0.2) is 58.9 Å². The highest BCUT2D eigenvalue weighted by atomic mass is 32.2. The van der Waals surface area contributed by atoms with Gasteiger partial charge in [0.1, 0.15) is 0 Å². The first kappa shape index (κ1) is 23.1. The monoisotopic (exact) mass is 472 g/mol. The van der Waals surface area contributed by atoms with Crippen molar-refractivity contribution in [3.8, 4) is 17.6 Å². The molecule has 11 heteroatoms. The van der Waals surface area contributed by atoms with Gasteiger partial charge in [0.15, 0.2) is 16.6 Å². The lowest BCUT2D eigenvalue weighted by atomic mass is 10.2. The summed E-state index contributed by atoms with van der Waals surface area (Å²) in [6.45, 7) is 0.287. The van der Waals surface area contributed by atoms with E-state index in [9.17, 15) is 13.2 Å². The second-order valence-electron chi connectivity index (χ2n) is 6.44. The van der Waals surface area contributed by atoms with Gasteiger partial charge in [0.25, 0.3) is 10.0 Å². The van der Waals surface area contributed by atoms with Gasteiger partial charge in [0.2, 0.25) is 5.91 Å². The van der Waals surface area contributed by atoms with Crippen LogP contribution in [0.2, 0.25) is 0 Å². The molecule has 1 heterocycles. The molecule has 0 aliphatic carbocycles. The number of hydrogen-bond acceptors (Lipinski definition) is 8. The van der Waals surface area contributed by atoms with E-state index in [2.05, 4.69) is 15.0 Å². The summed E-state index contributed by atoms with van der Waals surface area (Å²) in [4.78, 5) is 16.1. The second kappa shape index (κ2) is 10.6. The standard InChI is InChI=1S/C21H20N4O5S2/c1-29-19-13-15(14-22)4-9-18(19)30-11-2-3-20(26)24-16-5-7-17(8-6-16)32(27,28)25-21-23-10-12-31-21/h4-10,12-13H,2-3,11H2,1H3,(H,23,25)(H,24,26). The van der Waals surface area contributed by atoms with E-state index in [4.69, 9.17) is 14.7 Å². The van der Waals surface area contributed by atoms with Gasteiger partial charge >= 0.3 is 0 Å². The van der Waals surface area contributed by atoms with Crippen molar-refractivity contribution in [1.82, 2.24) is 4.98 Å². The summed E-state index contributed by atoms with van der Waals surface area (Å²) < 4.78 is 37.9. The molecule has 2 N–H and O–H groups in total. The molecular weight excluding hydrogens is 452 g/mol. The molecule has 0 saturated carbocycles. The Labute approximate surface area is 189 Å². The lowest BCUT2D eigenvalue weighted by Crippen LogP contribution is -2.14. The molecule has 2 aromatic carbocycles. The number of thiazole rings is 1. The molecule has 1 amide bonds. The lowest BCUT2D eigenvalue weighted by molar-refractivity contribution is -0.116. The molecule has 3 aromatic rings. The molecule has 0 atom stereocenters. The fourth-order valence-electron chi connectivity index (χ4n) is 2.66. The fourth-order valence-corrected chi connectivity index (χ4v) is 4.45. The van der Waals surface area contributed by atoms with E-state index in [1.54, 1.807) is 23.6 Å². The summed E-state index contributed by atoms with van der Waals surface area (Å²) in [6, 6.07) is 12.7. The van der Waals surface area contributed by atoms with Gasteiger partial charge < -0.3 is 14.8 Å². The van der Waals surface area contributed by atoms with Crippen molar-refractivity contribution in [3.05, 3.63) is 59.6 Å². The second-order valence-corrected chi connectivity index (χ2v) is 9.02. The van der Waals surface area contributed by atoms with Gasteiger partial charge in [-0.1, -0.05) is 0 Å². The Morgan fingerprint density at radius 2 is 1.97 bits per heavy atom. The van der Waals surface area contributed by atoms with Crippen LogP contribution in [0.25, 0.3) is 0 Å². The predicted molar refractivity (Wildman–Crippen MR) is 120 cm³/mol. The van der Waals surface area contributed by atoms with E-state index in [1.165, 1.54) is 48.9 Å². The van der Waals surface area contributed by atoms with Crippen molar-refractivity contribution in [2.45, 2.75) is 17.7 Å². The first-order valence-electron chi connectivity index (χ1n) is 9.44.